The molecule has 7 heteroatoms. The van der Waals surface area contributed by atoms with E-state index in [0.29, 0.717) is 5.82 Å². The summed E-state index contributed by atoms with van der Waals surface area (Å²) in [7, 11) is 5.25. The number of hydrogen-bond donors (Lipinski definition) is 1. The van der Waals surface area contributed by atoms with Crippen LogP contribution in [-0.4, -0.2) is 34.4 Å². The molecule has 1 unspecified atom stereocenters. The molecule has 1 atom stereocenters. The molecule has 0 amide bonds. The van der Waals surface area contributed by atoms with Gasteiger partial charge in [-0.2, -0.15) is 4.80 Å². The predicted octanol–water partition coefficient (Wildman–Crippen LogP) is 1.08. The van der Waals surface area contributed by atoms with Crippen LogP contribution in [0.25, 0.3) is 0 Å². The Hall–Kier alpha value is -2.15. The van der Waals surface area contributed by atoms with Crippen LogP contribution in [0.5, 0.6) is 11.5 Å². The second-order valence-electron chi connectivity index (χ2n) is 4.40. The molecule has 7 nitrogen and oxygen atoms in total. The van der Waals surface area contributed by atoms with Crippen molar-refractivity contribution in [3.8, 4) is 11.5 Å². The molecule has 0 radical (unpaired) electrons. The van der Waals surface area contributed by atoms with Crippen LogP contribution in [0, 0.1) is 0 Å². The summed E-state index contributed by atoms with van der Waals surface area (Å²) in [6.45, 7) is 2.33. The number of hydrogen-bond acceptors (Lipinski definition) is 6. The average molecular weight is 277 g/mol. The first-order chi connectivity index (χ1) is 9.63. The average Bonchev–Trinajstić information content (AvgIpc) is 2.89. The van der Waals surface area contributed by atoms with Gasteiger partial charge in [0.1, 0.15) is 11.5 Å². The van der Waals surface area contributed by atoms with Crippen LogP contribution in [0.3, 0.4) is 0 Å². The SMILES string of the molecule is CNC(C)c1ccc(OC)cc1OCc1nnn(C)n1. The third-order valence-corrected chi connectivity index (χ3v) is 3.03. The summed E-state index contributed by atoms with van der Waals surface area (Å²) in [6.07, 6.45) is 0. The number of aromatic nitrogens is 4. The van der Waals surface area contributed by atoms with Crippen molar-refractivity contribution in [2.75, 3.05) is 14.2 Å². The van der Waals surface area contributed by atoms with E-state index in [1.54, 1.807) is 14.2 Å². The first kappa shape index (κ1) is 14.3. The van der Waals surface area contributed by atoms with Crippen molar-refractivity contribution in [2.45, 2.75) is 19.6 Å². The van der Waals surface area contributed by atoms with Crippen molar-refractivity contribution in [1.29, 1.82) is 0 Å². The highest BCUT2D eigenvalue weighted by molar-refractivity contribution is 5.42. The zero-order chi connectivity index (χ0) is 14.5. The van der Waals surface area contributed by atoms with Gasteiger partial charge in [-0.15, -0.1) is 10.2 Å². The molecule has 108 valence electrons. The topological polar surface area (TPSA) is 74.1 Å². The molecule has 0 aliphatic heterocycles. The van der Waals surface area contributed by atoms with E-state index in [1.807, 2.05) is 25.2 Å². The Bertz CT molecular complexity index is 570. The monoisotopic (exact) mass is 277 g/mol. The van der Waals surface area contributed by atoms with Gasteiger partial charge in [-0.3, -0.25) is 0 Å². The van der Waals surface area contributed by atoms with Gasteiger partial charge in [0.05, 0.1) is 14.2 Å². The maximum Gasteiger partial charge on any atom is 0.212 e. The van der Waals surface area contributed by atoms with Crippen LogP contribution in [0.1, 0.15) is 24.4 Å². The minimum absolute atomic E-state index is 0.172. The molecule has 1 aromatic carbocycles. The highest BCUT2D eigenvalue weighted by Gasteiger charge is 2.12. The first-order valence-electron chi connectivity index (χ1n) is 6.35. The van der Waals surface area contributed by atoms with Crippen LogP contribution < -0.4 is 14.8 Å². The molecule has 1 N–H and O–H groups in total. The highest BCUT2D eigenvalue weighted by Crippen LogP contribution is 2.29. The molecule has 0 spiro atoms. The molecule has 0 aliphatic rings. The first-order valence-corrected chi connectivity index (χ1v) is 6.35. The van der Waals surface area contributed by atoms with Gasteiger partial charge in [0.15, 0.2) is 6.61 Å². The molecule has 1 heterocycles. The number of aryl methyl sites for hydroxylation is 1. The second kappa shape index (κ2) is 6.33. The fourth-order valence-electron chi connectivity index (χ4n) is 1.80. The molecule has 20 heavy (non-hydrogen) atoms. The molecule has 0 saturated carbocycles. The molecule has 2 aromatic rings. The number of benzene rings is 1. The minimum atomic E-state index is 0.172. The van der Waals surface area contributed by atoms with Gasteiger partial charge in [-0.25, -0.2) is 0 Å². The van der Waals surface area contributed by atoms with E-state index in [-0.39, 0.29) is 12.6 Å². The van der Waals surface area contributed by atoms with Gasteiger partial charge < -0.3 is 14.8 Å². The maximum atomic E-state index is 5.80. The Labute approximate surface area is 117 Å². The van der Waals surface area contributed by atoms with E-state index < -0.39 is 0 Å². The Morgan fingerprint density at radius 1 is 1.40 bits per heavy atom. The van der Waals surface area contributed by atoms with E-state index >= 15 is 0 Å². The Kier molecular flexibility index (Phi) is 4.52. The third kappa shape index (κ3) is 3.24. The molecular formula is C13H19N5O2. The molecule has 2 rings (SSSR count). The van der Waals surface area contributed by atoms with E-state index in [4.69, 9.17) is 9.47 Å². The lowest BCUT2D eigenvalue weighted by Gasteiger charge is -2.16. The van der Waals surface area contributed by atoms with E-state index in [2.05, 4.69) is 27.7 Å². The van der Waals surface area contributed by atoms with Gasteiger partial charge in [-0.1, -0.05) is 6.07 Å². The number of ether oxygens (including phenoxy) is 2. The van der Waals surface area contributed by atoms with Crippen LogP contribution in [0.2, 0.25) is 0 Å². The fraction of sp³-hybridized carbons (Fsp3) is 0.462. The van der Waals surface area contributed by atoms with Crippen molar-refractivity contribution in [3.05, 3.63) is 29.6 Å². The normalized spacial score (nSPS) is 12.2. The predicted molar refractivity (Wildman–Crippen MR) is 73.6 cm³/mol. The van der Waals surface area contributed by atoms with Crippen LogP contribution >= 0.6 is 0 Å². The lowest BCUT2D eigenvalue weighted by molar-refractivity contribution is 0.287. The quantitative estimate of drug-likeness (QED) is 0.851. The van der Waals surface area contributed by atoms with Gasteiger partial charge in [0.25, 0.3) is 0 Å². The highest BCUT2D eigenvalue weighted by atomic mass is 16.5. The van der Waals surface area contributed by atoms with E-state index in [0.717, 1.165) is 17.1 Å². The smallest absolute Gasteiger partial charge is 0.212 e. The molecule has 1 aromatic heterocycles. The summed E-state index contributed by atoms with van der Waals surface area (Å²) in [5.74, 6) is 2.04. The summed E-state index contributed by atoms with van der Waals surface area (Å²) in [5.41, 5.74) is 1.05. The summed E-state index contributed by atoms with van der Waals surface area (Å²) in [5, 5.41) is 15.0. The second-order valence-corrected chi connectivity index (χ2v) is 4.40. The zero-order valence-corrected chi connectivity index (χ0v) is 12.1. The van der Waals surface area contributed by atoms with E-state index in [9.17, 15) is 0 Å². The van der Waals surface area contributed by atoms with Crippen molar-refractivity contribution in [1.82, 2.24) is 25.5 Å². The standard InChI is InChI=1S/C13H19N5O2/c1-9(14-2)11-6-5-10(19-4)7-12(11)20-8-13-15-17-18(3)16-13/h5-7,9,14H,8H2,1-4H3. The summed E-state index contributed by atoms with van der Waals surface area (Å²) < 4.78 is 11.0. The van der Waals surface area contributed by atoms with Crippen molar-refractivity contribution in [2.24, 2.45) is 7.05 Å². The number of nitrogens with zero attached hydrogens (tertiary/aromatic N) is 4. The van der Waals surface area contributed by atoms with Crippen molar-refractivity contribution >= 4 is 0 Å². The minimum Gasteiger partial charge on any atom is -0.497 e. The van der Waals surface area contributed by atoms with Gasteiger partial charge >= 0.3 is 0 Å². The number of methoxy groups -OCH3 is 1. The summed E-state index contributed by atoms with van der Waals surface area (Å²) in [4.78, 5) is 1.40. The molecule has 0 saturated heterocycles. The van der Waals surface area contributed by atoms with Gasteiger partial charge in [0.2, 0.25) is 5.82 Å². The van der Waals surface area contributed by atoms with Gasteiger partial charge in [0, 0.05) is 17.7 Å². The van der Waals surface area contributed by atoms with Crippen molar-refractivity contribution in [3.63, 3.8) is 0 Å². The van der Waals surface area contributed by atoms with Crippen LogP contribution in [0.4, 0.5) is 0 Å². The lowest BCUT2D eigenvalue weighted by Crippen LogP contribution is -2.14. The molecule has 0 fully saturated rings. The maximum absolute atomic E-state index is 5.80. The van der Waals surface area contributed by atoms with Gasteiger partial charge in [-0.05, 0) is 25.3 Å². The number of nitrogens with one attached hydrogen (secondary N) is 1. The summed E-state index contributed by atoms with van der Waals surface area (Å²) in [6, 6.07) is 5.93. The van der Waals surface area contributed by atoms with Crippen LogP contribution in [0.15, 0.2) is 18.2 Å². The third-order valence-electron chi connectivity index (χ3n) is 3.03. The number of rotatable bonds is 6. The molecular weight excluding hydrogens is 258 g/mol. The lowest BCUT2D eigenvalue weighted by atomic mass is 10.1. The Balaban J connectivity index is 2.18. The molecule has 0 aliphatic carbocycles. The van der Waals surface area contributed by atoms with Crippen molar-refractivity contribution < 1.29 is 9.47 Å². The zero-order valence-electron chi connectivity index (χ0n) is 12.1. The fourth-order valence-corrected chi connectivity index (χ4v) is 1.80. The Morgan fingerprint density at radius 2 is 2.20 bits per heavy atom. The Morgan fingerprint density at radius 3 is 2.80 bits per heavy atom. The molecule has 0 bridgehead atoms. The largest absolute Gasteiger partial charge is 0.497 e. The van der Waals surface area contributed by atoms with Crippen LogP contribution in [-0.2, 0) is 13.7 Å². The number of tetrazole rings is 1. The van der Waals surface area contributed by atoms with E-state index in [1.165, 1.54) is 4.80 Å². The summed E-state index contributed by atoms with van der Waals surface area (Å²) >= 11 is 0.